The van der Waals surface area contributed by atoms with E-state index in [1.54, 1.807) is 4.68 Å². The van der Waals surface area contributed by atoms with Gasteiger partial charge in [-0.1, -0.05) is 29.8 Å². The molecule has 0 unspecified atom stereocenters. The predicted octanol–water partition coefficient (Wildman–Crippen LogP) is 2.04. The molecule has 1 aromatic carbocycles. The molecule has 5 nitrogen and oxygen atoms in total. The maximum absolute atomic E-state index is 5.84. The highest BCUT2D eigenvalue weighted by molar-refractivity contribution is 5.33. The fraction of sp³-hybridized carbons (Fsp3) is 0.385. The summed E-state index contributed by atoms with van der Waals surface area (Å²) in [6, 6.07) is 8.60. The molecule has 0 bridgehead atoms. The lowest BCUT2D eigenvalue weighted by molar-refractivity contribution is 0.694. The van der Waals surface area contributed by atoms with E-state index in [1.165, 1.54) is 5.56 Å². The molecule has 0 fully saturated rings. The molecule has 0 aliphatic carbocycles. The van der Waals surface area contributed by atoms with Crippen LogP contribution in [0.25, 0.3) is 0 Å². The van der Waals surface area contributed by atoms with E-state index < -0.39 is 0 Å². The number of aromatic nitrogens is 3. The molecule has 5 heteroatoms. The zero-order chi connectivity index (χ0) is 13.1. The lowest BCUT2D eigenvalue weighted by atomic mass is 10.1. The van der Waals surface area contributed by atoms with Gasteiger partial charge in [-0.25, -0.2) is 4.68 Å². The molecule has 0 spiro atoms. The van der Waals surface area contributed by atoms with Gasteiger partial charge in [-0.05, 0) is 26.3 Å². The monoisotopic (exact) mass is 245 g/mol. The number of nitrogens with zero attached hydrogens (tertiary/aromatic N) is 3. The van der Waals surface area contributed by atoms with Crippen LogP contribution in [0.3, 0.4) is 0 Å². The van der Waals surface area contributed by atoms with Crippen molar-refractivity contribution in [2.45, 2.75) is 33.4 Å². The molecule has 2 rings (SSSR count). The first-order chi connectivity index (χ1) is 8.54. The number of hydrogen-bond donors (Lipinski definition) is 2. The largest absolute Gasteiger partial charge is 0.368 e. The SMILES string of the molecule is Cc1ccc(Cn2nc(NC(C)C)nc2N)cc1. The van der Waals surface area contributed by atoms with E-state index in [1.807, 2.05) is 13.8 Å². The molecule has 0 saturated carbocycles. The van der Waals surface area contributed by atoms with E-state index in [0.717, 1.165) is 5.56 Å². The normalized spacial score (nSPS) is 10.9. The van der Waals surface area contributed by atoms with Gasteiger partial charge in [0, 0.05) is 6.04 Å². The summed E-state index contributed by atoms with van der Waals surface area (Å²) in [7, 11) is 0. The first-order valence-corrected chi connectivity index (χ1v) is 6.07. The number of nitrogen functional groups attached to an aromatic ring is 1. The highest BCUT2D eigenvalue weighted by Crippen LogP contribution is 2.10. The fourth-order valence-electron chi connectivity index (χ4n) is 1.66. The second kappa shape index (κ2) is 5.08. The number of anilines is 2. The Labute approximate surface area is 107 Å². The molecule has 0 amide bonds. The molecule has 0 saturated heterocycles. The highest BCUT2D eigenvalue weighted by Gasteiger charge is 2.07. The van der Waals surface area contributed by atoms with Crippen LogP contribution in [0.2, 0.25) is 0 Å². The highest BCUT2D eigenvalue weighted by atomic mass is 15.4. The van der Waals surface area contributed by atoms with Crippen LogP contribution < -0.4 is 11.1 Å². The second-order valence-electron chi connectivity index (χ2n) is 4.74. The molecule has 0 radical (unpaired) electrons. The Bertz CT molecular complexity index is 513. The van der Waals surface area contributed by atoms with E-state index >= 15 is 0 Å². The number of benzene rings is 1. The lowest BCUT2D eigenvalue weighted by Gasteiger charge is -2.04. The van der Waals surface area contributed by atoms with E-state index in [4.69, 9.17) is 5.73 Å². The number of nitrogens with two attached hydrogens (primary N) is 1. The molecule has 0 aliphatic rings. The van der Waals surface area contributed by atoms with Crippen molar-refractivity contribution in [1.82, 2.24) is 14.8 Å². The molecular weight excluding hydrogens is 226 g/mol. The molecule has 1 heterocycles. The Hall–Kier alpha value is -2.04. The minimum atomic E-state index is 0.291. The van der Waals surface area contributed by atoms with Gasteiger partial charge in [-0.15, -0.1) is 5.10 Å². The Balaban J connectivity index is 2.13. The van der Waals surface area contributed by atoms with Crippen LogP contribution in [0.1, 0.15) is 25.0 Å². The van der Waals surface area contributed by atoms with Crippen LogP contribution in [-0.2, 0) is 6.54 Å². The summed E-state index contributed by atoms with van der Waals surface area (Å²) in [6.45, 7) is 6.78. The summed E-state index contributed by atoms with van der Waals surface area (Å²) >= 11 is 0. The minimum Gasteiger partial charge on any atom is -0.368 e. The van der Waals surface area contributed by atoms with Crippen molar-refractivity contribution in [3.63, 3.8) is 0 Å². The molecule has 96 valence electrons. The molecule has 18 heavy (non-hydrogen) atoms. The van der Waals surface area contributed by atoms with Gasteiger partial charge in [0.1, 0.15) is 0 Å². The van der Waals surface area contributed by atoms with Crippen LogP contribution in [0.4, 0.5) is 11.9 Å². The number of hydrogen-bond acceptors (Lipinski definition) is 4. The van der Waals surface area contributed by atoms with Crippen molar-refractivity contribution in [1.29, 1.82) is 0 Å². The summed E-state index contributed by atoms with van der Waals surface area (Å²) in [5, 5.41) is 7.47. The van der Waals surface area contributed by atoms with E-state index in [9.17, 15) is 0 Å². The van der Waals surface area contributed by atoms with Crippen molar-refractivity contribution in [2.75, 3.05) is 11.1 Å². The Morgan fingerprint density at radius 2 is 1.94 bits per heavy atom. The summed E-state index contributed by atoms with van der Waals surface area (Å²) in [5.41, 5.74) is 8.25. The van der Waals surface area contributed by atoms with Gasteiger partial charge < -0.3 is 11.1 Å². The van der Waals surface area contributed by atoms with Crippen molar-refractivity contribution in [2.24, 2.45) is 0 Å². The van der Waals surface area contributed by atoms with Crippen LogP contribution in [0.15, 0.2) is 24.3 Å². The third-order valence-electron chi connectivity index (χ3n) is 2.57. The lowest BCUT2D eigenvalue weighted by Crippen LogP contribution is -2.11. The van der Waals surface area contributed by atoms with Gasteiger partial charge in [0.2, 0.25) is 11.9 Å². The van der Waals surface area contributed by atoms with Crippen LogP contribution in [0.5, 0.6) is 0 Å². The zero-order valence-corrected chi connectivity index (χ0v) is 11.0. The molecular formula is C13H19N5. The van der Waals surface area contributed by atoms with Gasteiger partial charge in [-0.3, -0.25) is 0 Å². The maximum Gasteiger partial charge on any atom is 0.244 e. The van der Waals surface area contributed by atoms with Gasteiger partial charge in [0.15, 0.2) is 0 Å². The van der Waals surface area contributed by atoms with E-state index in [-0.39, 0.29) is 0 Å². The van der Waals surface area contributed by atoms with E-state index in [0.29, 0.717) is 24.5 Å². The molecule has 2 aromatic rings. The third-order valence-corrected chi connectivity index (χ3v) is 2.57. The van der Waals surface area contributed by atoms with Crippen LogP contribution >= 0.6 is 0 Å². The van der Waals surface area contributed by atoms with Crippen LogP contribution in [-0.4, -0.2) is 20.8 Å². The summed E-state index contributed by atoms with van der Waals surface area (Å²) in [4.78, 5) is 4.18. The first-order valence-electron chi connectivity index (χ1n) is 6.07. The average Bonchev–Trinajstić information content (AvgIpc) is 2.61. The Morgan fingerprint density at radius 3 is 2.56 bits per heavy atom. The fourth-order valence-corrected chi connectivity index (χ4v) is 1.66. The van der Waals surface area contributed by atoms with Crippen molar-refractivity contribution >= 4 is 11.9 Å². The van der Waals surface area contributed by atoms with E-state index in [2.05, 4.69) is 46.6 Å². The number of rotatable bonds is 4. The van der Waals surface area contributed by atoms with Crippen molar-refractivity contribution < 1.29 is 0 Å². The minimum absolute atomic E-state index is 0.291. The summed E-state index contributed by atoms with van der Waals surface area (Å²) < 4.78 is 1.70. The van der Waals surface area contributed by atoms with Gasteiger partial charge in [0.25, 0.3) is 0 Å². The Morgan fingerprint density at radius 1 is 1.28 bits per heavy atom. The summed E-state index contributed by atoms with van der Waals surface area (Å²) in [5.74, 6) is 1.01. The molecule has 0 atom stereocenters. The van der Waals surface area contributed by atoms with Gasteiger partial charge in [-0.2, -0.15) is 4.98 Å². The summed E-state index contributed by atoms with van der Waals surface area (Å²) in [6.07, 6.45) is 0. The molecule has 3 N–H and O–H groups in total. The number of nitrogens with one attached hydrogen (secondary N) is 1. The Kier molecular flexibility index (Phi) is 3.50. The predicted molar refractivity (Wildman–Crippen MR) is 73.5 cm³/mol. The zero-order valence-electron chi connectivity index (χ0n) is 11.0. The first kappa shape index (κ1) is 12.4. The average molecular weight is 245 g/mol. The number of aryl methyl sites for hydroxylation is 1. The smallest absolute Gasteiger partial charge is 0.244 e. The van der Waals surface area contributed by atoms with Gasteiger partial charge in [0.05, 0.1) is 6.54 Å². The van der Waals surface area contributed by atoms with Gasteiger partial charge >= 0.3 is 0 Å². The maximum atomic E-state index is 5.84. The topological polar surface area (TPSA) is 68.8 Å². The molecule has 1 aromatic heterocycles. The van der Waals surface area contributed by atoms with Crippen molar-refractivity contribution in [3.8, 4) is 0 Å². The van der Waals surface area contributed by atoms with Crippen molar-refractivity contribution in [3.05, 3.63) is 35.4 Å². The molecule has 0 aliphatic heterocycles. The third kappa shape index (κ3) is 3.00. The quantitative estimate of drug-likeness (QED) is 0.865. The standard InChI is InChI=1S/C13H19N5/c1-9(2)15-13-16-12(14)18(17-13)8-11-6-4-10(3)5-7-11/h4-7,9H,8H2,1-3H3,(H3,14,15,16,17). The van der Waals surface area contributed by atoms with Crippen LogP contribution in [0, 0.1) is 6.92 Å². The second-order valence-corrected chi connectivity index (χ2v) is 4.74.